The molecule has 0 unspecified atom stereocenters. The molecular formula is C15H12BrN3O3S. The molecule has 3 aromatic rings. The normalized spacial score (nSPS) is 10.9. The Morgan fingerprint density at radius 3 is 2.91 bits per heavy atom. The van der Waals surface area contributed by atoms with Gasteiger partial charge in [0.15, 0.2) is 0 Å². The molecule has 0 saturated carbocycles. The van der Waals surface area contributed by atoms with Crippen molar-refractivity contribution in [2.45, 2.75) is 20.0 Å². The molecule has 2 aromatic heterocycles. The van der Waals surface area contributed by atoms with Crippen LogP contribution in [0.2, 0.25) is 0 Å². The van der Waals surface area contributed by atoms with Gasteiger partial charge in [-0.1, -0.05) is 30.4 Å². The smallest absolute Gasteiger partial charge is 0.339 e. The monoisotopic (exact) mass is 393 g/mol. The zero-order chi connectivity index (χ0) is 16.4. The first kappa shape index (κ1) is 15.8. The van der Waals surface area contributed by atoms with Crippen LogP contribution in [0.25, 0.3) is 4.96 Å². The van der Waals surface area contributed by atoms with Crippen molar-refractivity contribution in [1.29, 1.82) is 0 Å². The van der Waals surface area contributed by atoms with Gasteiger partial charge in [-0.05, 0) is 34.5 Å². The van der Waals surface area contributed by atoms with Crippen molar-refractivity contribution in [3.63, 3.8) is 0 Å². The first-order chi connectivity index (χ1) is 11.1. The summed E-state index contributed by atoms with van der Waals surface area (Å²) in [4.78, 5) is 28.9. The van der Waals surface area contributed by atoms with Gasteiger partial charge in [-0.2, -0.15) is 9.61 Å². The first-order valence-electron chi connectivity index (χ1n) is 6.89. The lowest BCUT2D eigenvalue weighted by molar-refractivity contribution is 0.0466. The number of fused-ring (bicyclic) bond motifs is 1. The first-order valence-corrected chi connectivity index (χ1v) is 8.49. The van der Waals surface area contributed by atoms with Gasteiger partial charge in [0.1, 0.15) is 11.6 Å². The Labute approximate surface area is 143 Å². The van der Waals surface area contributed by atoms with Crippen LogP contribution in [-0.4, -0.2) is 20.6 Å². The minimum Gasteiger partial charge on any atom is -0.456 e. The lowest BCUT2D eigenvalue weighted by Gasteiger charge is -2.05. The van der Waals surface area contributed by atoms with Gasteiger partial charge < -0.3 is 4.74 Å². The van der Waals surface area contributed by atoms with Crippen LogP contribution >= 0.6 is 27.3 Å². The summed E-state index contributed by atoms with van der Waals surface area (Å²) in [5.74, 6) is -0.474. The summed E-state index contributed by atoms with van der Waals surface area (Å²) in [6.45, 7) is 1.90. The summed E-state index contributed by atoms with van der Waals surface area (Å²) in [7, 11) is 0. The average Bonchev–Trinajstić information content (AvgIpc) is 2.97. The Balaban J connectivity index is 1.81. The average molecular weight is 394 g/mol. The second-order valence-corrected chi connectivity index (χ2v) is 6.58. The molecule has 0 atom stereocenters. The highest BCUT2D eigenvalue weighted by molar-refractivity contribution is 9.10. The SMILES string of the molecule is CCc1nn2c(=O)cc(COC(=O)c3ccccc3Br)nc2s1. The maximum absolute atomic E-state index is 12.1. The highest BCUT2D eigenvalue weighted by Gasteiger charge is 2.13. The summed E-state index contributed by atoms with van der Waals surface area (Å²) in [5, 5.41) is 5.00. The number of carbonyl (C=O) groups excluding carboxylic acids is 1. The van der Waals surface area contributed by atoms with E-state index in [1.807, 2.05) is 13.0 Å². The standard InChI is InChI=1S/C15H12BrN3O3S/c1-2-12-18-19-13(20)7-9(17-15(19)23-12)8-22-14(21)10-5-3-4-6-11(10)16/h3-7H,2,8H2,1H3. The summed E-state index contributed by atoms with van der Waals surface area (Å²) in [6.07, 6.45) is 0.736. The minimum absolute atomic E-state index is 0.0642. The number of aromatic nitrogens is 3. The van der Waals surface area contributed by atoms with Gasteiger partial charge in [0, 0.05) is 10.5 Å². The van der Waals surface area contributed by atoms with E-state index in [-0.39, 0.29) is 12.2 Å². The highest BCUT2D eigenvalue weighted by atomic mass is 79.9. The number of benzene rings is 1. The number of hydrogen-bond donors (Lipinski definition) is 0. The lowest BCUT2D eigenvalue weighted by Crippen LogP contribution is -2.16. The second kappa shape index (κ2) is 6.59. The third-order valence-electron chi connectivity index (χ3n) is 3.09. The molecule has 0 amide bonds. The Morgan fingerprint density at radius 2 is 2.17 bits per heavy atom. The third kappa shape index (κ3) is 3.32. The van der Waals surface area contributed by atoms with Crippen LogP contribution in [-0.2, 0) is 17.8 Å². The zero-order valence-electron chi connectivity index (χ0n) is 12.2. The molecule has 0 radical (unpaired) electrons. The van der Waals surface area contributed by atoms with E-state index in [0.29, 0.717) is 20.7 Å². The topological polar surface area (TPSA) is 73.6 Å². The minimum atomic E-state index is -0.474. The van der Waals surface area contributed by atoms with E-state index >= 15 is 0 Å². The van der Waals surface area contributed by atoms with Gasteiger partial charge in [-0.25, -0.2) is 9.78 Å². The van der Waals surface area contributed by atoms with Gasteiger partial charge in [0.05, 0.1) is 11.3 Å². The van der Waals surface area contributed by atoms with Gasteiger partial charge in [0.25, 0.3) is 5.56 Å². The van der Waals surface area contributed by atoms with Crippen molar-refractivity contribution < 1.29 is 9.53 Å². The van der Waals surface area contributed by atoms with Crippen molar-refractivity contribution in [2.24, 2.45) is 0 Å². The maximum atomic E-state index is 12.1. The van der Waals surface area contributed by atoms with Crippen LogP contribution in [0.4, 0.5) is 0 Å². The number of carbonyl (C=O) groups is 1. The number of esters is 1. The van der Waals surface area contributed by atoms with Crippen molar-refractivity contribution in [2.75, 3.05) is 0 Å². The van der Waals surface area contributed by atoms with Crippen LogP contribution in [0, 0.1) is 0 Å². The Hall–Kier alpha value is -2.06. The highest BCUT2D eigenvalue weighted by Crippen LogP contribution is 2.17. The molecular weight excluding hydrogens is 382 g/mol. The van der Waals surface area contributed by atoms with E-state index in [4.69, 9.17) is 4.74 Å². The summed E-state index contributed by atoms with van der Waals surface area (Å²) in [6, 6.07) is 8.32. The molecule has 1 aromatic carbocycles. The van der Waals surface area contributed by atoms with Crippen molar-refractivity contribution in [3.05, 3.63) is 61.4 Å². The van der Waals surface area contributed by atoms with Crippen molar-refractivity contribution >= 4 is 38.2 Å². The van der Waals surface area contributed by atoms with E-state index in [0.717, 1.165) is 11.4 Å². The van der Waals surface area contributed by atoms with Crippen LogP contribution in [0.1, 0.15) is 28.0 Å². The van der Waals surface area contributed by atoms with Gasteiger partial charge in [0.2, 0.25) is 4.96 Å². The van der Waals surface area contributed by atoms with E-state index < -0.39 is 5.97 Å². The lowest BCUT2D eigenvalue weighted by atomic mass is 10.2. The van der Waals surface area contributed by atoms with Gasteiger partial charge in [-0.3, -0.25) is 4.79 Å². The molecule has 0 bridgehead atoms. The number of hydrogen-bond acceptors (Lipinski definition) is 6. The van der Waals surface area contributed by atoms with Gasteiger partial charge >= 0.3 is 5.97 Å². The fraction of sp³-hybridized carbons (Fsp3) is 0.200. The van der Waals surface area contributed by atoms with Crippen molar-refractivity contribution in [3.8, 4) is 0 Å². The molecule has 23 heavy (non-hydrogen) atoms. The summed E-state index contributed by atoms with van der Waals surface area (Å²) >= 11 is 4.65. The molecule has 6 nitrogen and oxygen atoms in total. The molecule has 0 saturated heterocycles. The predicted octanol–water partition coefficient (Wildman–Crippen LogP) is 2.83. The Bertz CT molecular complexity index is 935. The maximum Gasteiger partial charge on any atom is 0.339 e. The fourth-order valence-corrected chi connectivity index (χ4v) is 3.26. The molecule has 0 N–H and O–H groups in total. The largest absolute Gasteiger partial charge is 0.456 e. The molecule has 3 rings (SSSR count). The third-order valence-corrected chi connectivity index (χ3v) is 4.83. The van der Waals surface area contributed by atoms with E-state index in [2.05, 4.69) is 26.0 Å². The van der Waals surface area contributed by atoms with E-state index in [9.17, 15) is 9.59 Å². The number of aryl methyl sites for hydroxylation is 1. The predicted molar refractivity (Wildman–Crippen MR) is 89.8 cm³/mol. The molecule has 0 aliphatic heterocycles. The van der Waals surface area contributed by atoms with E-state index in [1.165, 1.54) is 21.9 Å². The van der Waals surface area contributed by atoms with Crippen LogP contribution in [0.15, 0.2) is 39.6 Å². The quantitative estimate of drug-likeness (QED) is 0.637. The van der Waals surface area contributed by atoms with Crippen LogP contribution < -0.4 is 5.56 Å². The number of ether oxygens (including phenoxy) is 1. The fourth-order valence-electron chi connectivity index (χ4n) is 1.96. The number of halogens is 1. The molecule has 118 valence electrons. The Kier molecular flexibility index (Phi) is 4.53. The summed E-state index contributed by atoms with van der Waals surface area (Å²) < 4.78 is 7.16. The van der Waals surface area contributed by atoms with Crippen molar-refractivity contribution in [1.82, 2.24) is 14.6 Å². The molecule has 0 aliphatic rings. The number of rotatable bonds is 4. The second-order valence-electron chi connectivity index (χ2n) is 4.69. The van der Waals surface area contributed by atoms with E-state index in [1.54, 1.807) is 18.2 Å². The zero-order valence-corrected chi connectivity index (χ0v) is 14.6. The molecule has 2 heterocycles. The number of nitrogens with zero attached hydrogens (tertiary/aromatic N) is 3. The molecule has 0 spiro atoms. The molecule has 0 aliphatic carbocycles. The summed E-state index contributed by atoms with van der Waals surface area (Å²) in [5.41, 5.74) is 0.552. The van der Waals surface area contributed by atoms with Crippen LogP contribution in [0.3, 0.4) is 0 Å². The molecule has 0 fully saturated rings. The Morgan fingerprint density at radius 1 is 1.39 bits per heavy atom. The van der Waals surface area contributed by atoms with Gasteiger partial charge in [-0.15, -0.1) is 0 Å². The van der Waals surface area contributed by atoms with Crippen LogP contribution in [0.5, 0.6) is 0 Å². The molecule has 8 heteroatoms.